The number of anilines is 2. The van der Waals surface area contributed by atoms with Crippen molar-refractivity contribution in [2.24, 2.45) is 0 Å². The molecule has 2 aromatic rings. The molecule has 1 aliphatic rings. The fourth-order valence-electron chi connectivity index (χ4n) is 1.79. The van der Waals surface area contributed by atoms with Gasteiger partial charge in [-0.3, -0.25) is 4.90 Å². The first-order valence-corrected chi connectivity index (χ1v) is 6.53. The molecule has 0 saturated carbocycles. The van der Waals surface area contributed by atoms with E-state index in [1.165, 1.54) is 0 Å². The Morgan fingerprint density at radius 1 is 1.18 bits per heavy atom. The molecule has 0 bridgehead atoms. The zero-order valence-electron chi connectivity index (χ0n) is 8.95. The number of ether oxygens (including phenoxy) is 1. The summed E-state index contributed by atoms with van der Waals surface area (Å²) < 4.78 is 5.85. The average molecular weight is 339 g/mol. The van der Waals surface area contributed by atoms with Crippen LogP contribution in [0.2, 0.25) is 0 Å². The highest BCUT2D eigenvalue weighted by molar-refractivity contribution is 14.1. The Morgan fingerprint density at radius 3 is 2.88 bits per heavy atom. The summed E-state index contributed by atoms with van der Waals surface area (Å²) in [6.45, 7) is 0.635. The minimum atomic E-state index is 0.199. The van der Waals surface area contributed by atoms with E-state index in [0.29, 0.717) is 6.61 Å². The maximum atomic E-state index is 5.65. The lowest BCUT2D eigenvalue weighted by Gasteiger charge is -2.33. The molecule has 0 N–H and O–H groups in total. The topological polar surface area (TPSA) is 38.2 Å². The second kappa shape index (κ2) is 4.48. The van der Waals surface area contributed by atoms with Gasteiger partial charge in [0.05, 0.1) is 0 Å². The monoisotopic (exact) mass is 339 g/mol. The van der Waals surface area contributed by atoms with E-state index in [9.17, 15) is 0 Å². The molecule has 4 nitrogen and oxygen atoms in total. The van der Waals surface area contributed by atoms with Crippen molar-refractivity contribution in [2.45, 2.75) is 4.05 Å². The fourth-order valence-corrected chi connectivity index (χ4v) is 2.52. The van der Waals surface area contributed by atoms with Gasteiger partial charge in [-0.05, 0) is 24.3 Å². The first kappa shape index (κ1) is 10.8. The van der Waals surface area contributed by atoms with Crippen LogP contribution in [-0.2, 0) is 0 Å². The first-order chi connectivity index (χ1) is 8.36. The molecule has 86 valence electrons. The van der Waals surface area contributed by atoms with Crippen molar-refractivity contribution in [1.29, 1.82) is 0 Å². The van der Waals surface area contributed by atoms with Gasteiger partial charge in [-0.1, -0.05) is 28.7 Å². The largest absolute Gasteiger partial charge is 0.487 e. The Labute approximate surface area is 113 Å². The molecule has 3 heterocycles. The molecule has 1 unspecified atom stereocenters. The maximum absolute atomic E-state index is 5.65. The minimum absolute atomic E-state index is 0.199. The zero-order valence-corrected chi connectivity index (χ0v) is 11.1. The van der Waals surface area contributed by atoms with Gasteiger partial charge >= 0.3 is 0 Å². The highest BCUT2D eigenvalue weighted by Gasteiger charge is 2.28. The summed E-state index contributed by atoms with van der Waals surface area (Å²) in [5, 5.41) is 0. The van der Waals surface area contributed by atoms with Crippen molar-refractivity contribution in [2.75, 3.05) is 11.5 Å². The van der Waals surface area contributed by atoms with Crippen molar-refractivity contribution in [3.05, 3.63) is 42.7 Å². The van der Waals surface area contributed by atoms with Gasteiger partial charge in [-0.2, -0.15) is 0 Å². The van der Waals surface area contributed by atoms with Gasteiger partial charge in [-0.25, -0.2) is 9.97 Å². The summed E-state index contributed by atoms with van der Waals surface area (Å²) >= 11 is 2.34. The third kappa shape index (κ3) is 1.95. The standard InChI is InChI=1S/C12H10IN3O/c13-10-8-17-9-4-3-7-15-12(9)16(10)11-5-1-2-6-14-11/h1-7,10H,8H2. The second-order valence-corrected chi connectivity index (χ2v) is 5.07. The lowest BCUT2D eigenvalue weighted by molar-refractivity contribution is 0.305. The molecule has 0 aromatic carbocycles. The zero-order chi connectivity index (χ0) is 11.7. The van der Waals surface area contributed by atoms with Crippen LogP contribution in [0.1, 0.15) is 0 Å². The summed E-state index contributed by atoms with van der Waals surface area (Å²) in [7, 11) is 0. The van der Waals surface area contributed by atoms with E-state index in [-0.39, 0.29) is 4.05 Å². The van der Waals surface area contributed by atoms with Gasteiger partial charge in [0.1, 0.15) is 16.5 Å². The van der Waals surface area contributed by atoms with Crippen molar-refractivity contribution in [3.8, 4) is 5.75 Å². The minimum Gasteiger partial charge on any atom is -0.487 e. The van der Waals surface area contributed by atoms with Gasteiger partial charge in [0, 0.05) is 12.4 Å². The third-order valence-corrected chi connectivity index (χ3v) is 3.45. The van der Waals surface area contributed by atoms with Gasteiger partial charge < -0.3 is 4.74 Å². The first-order valence-electron chi connectivity index (χ1n) is 5.28. The van der Waals surface area contributed by atoms with Crippen LogP contribution in [0.25, 0.3) is 0 Å². The number of rotatable bonds is 1. The summed E-state index contributed by atoms with van der Waals surface area (Å²) in [4.78, 5) is 10.9. The van der Waals surface area contributed by atoms with Crippen LogP contribution in [0.3, 0.4) is 0 Å². The van der Waals surface area contributed by atoms with Gasteiger partial charge in [0.2, 0.25) is 0 Å². The third-order valence-electron chi connectivity index (χ3n) is 2.53. The highest BCUT2D eigenvalue weighted by Crippen LogP contribution is 2.37. The molecule has 0 radical (unpaired) electrons. The lowest BCUT2D eigenvalue weighted by atomic mass is 10.3. The molecule has 3 rings (SSSR count). The van der Waals surface area contributed by atoms with E-state index in [2.05, 4.69) is 37.5 Å². The van der Waals surface area contributed by atoms with Crippen LogP contribution in [0, 0.1) is 0 Å². The molecule has 2 aromatic heterocycles. The van der Waals surface area contributed by atoms with E-state index in [1.54, 1.807) is 12.4 Å². The number of pyridine rings is 2. The van der Waals surface area contributed by atoms with Gasteiger partial charge in [-0.15, -0.1) is 0 Å². The molecule has 0 amide bonds. The maximum Gasteiger partial charge on any atom is 0.178 e. The van der Waals surface area contributed by atoms with Crippen molar-refractivity contribution in [1.82, 2.24) is 9.97 Å². The number of aromatic nitrogens is 2. The Hall–Kier alpha value is -1.37. The molecule has 5 heteroatoms. The van der Waals surface area contributed by atoms with Crippen LogP contribution >= 0.6 is 22.6 Å². The molecule has 0 spiro atoms. The highest BCUT2D eigenvalue weighted by atomic mass is 127. The Balaban J connectivity index is 2.10. The number of hydrogen-bond acceptors (Lipinski definition) is 4. The van der Waals surface area contributed by atoms with Crippen molar-refractivity contribution in [3.63, 3.8) is 0 Å². The summed E-state index contributed by atoms with van der Waals surface area (Å²) in [6, 6.07) is 9.68. The SMILES string of the molecule is IC1COc2cccnc2N1c1ccccn1. The number of nitrogens with zero attached hydrogens (tertiary/aromatic N) is 3. The van der Waals surface area contributed by atoms with Crippen LogP contribution in [0.5, 0.6) is 5.75 Å². The Kier molecular flexibility index (Phi) is 2.84. The molecule has 0 saturated heterocycles. The molecule has 1 atom stereocenters. The molecule has 17 heavy (non-hydrogen) atoms. The predicted molar refractivity (Wildman–Crippen MR) is 73.9 cm³/mol. The summed E-state index contributed by atoms with van der Waals surface area (Å²) in [6.07, 6.45) is 3.56. The number of halogens is 1. The van der Waals surface area contributed by atoms with E-state index < -0.39 is 0 Å². The van der Waals surface area contributed by atoms with Crippen LogP contribution < -0.4 is 9.64 Å². The van der Waals surface area contributed by atoms with Crippen LogP contribution in [-0.4, -0.2) is 20.6 Å². The lowest BCUT2D eigenvalue weighted by Crippen LogP contribution is -2.36. The summed E-state index contributed by atoms with van der Waals surface area (Å²) in [5.41, 5.74) is 0. The molecule has 1 aliphatic heterocycles. The molecule has 0 fully saturated rings. The number of fused-ring (bicyclic) bond motifs is 1. The molecular weight excluding hydrogens is 329 g/mol. The number of alkyl halides is 1. The van der Waals surface area contributed by atoms with Crippen molar-refractivity contribution >= 4 is 34.2 Å². The van der Waals surface area contributed by atoms with Gasteiger partial charge in [0.25, 0.3) is 0 Å². The molecular formula is C12H10IN3O. The van der Waals surface area contributed by atoms with Crippen LogP contribution in [0.15, 0.2) is 42.7 Å². The fraction of sp³-hybridized carbons (Fsp3) is 0.167. The quantitative estimate of drug-likeness (QED) is 0.455. The second-order valence-electron chi connectivity index (χ2n) is 3.63. The predicted octanol–water partition coefficient (Wildman–Crippen LogP) is 2.77. The van der Waals surface area contributed by atoms with E-state index in [4.69, 9.17) is 4.74 Å². The van der Waals surface area contributed by atoms with E-state index >= 15 is 0 Å². The Morgan fingerprint density at radius 2 is 2.06 bits per heavy atom. The van der Waals surface area contributed by atoms with E-state index in [1.807, 2.05) is 30.3 Å². The van der Waals surface area contributed by atoms with Crippen molar-refractivity contribution < 1.29 is 4.74 Å². The normalized spacial score (nSPS) is 18.4. The van der Waals surface area contributed by atoms with E-state index in [0.717, 1.165) is 17.4 Å². The number of hydrogen-bond donors (Lipinski definition) is 0. The average Bonchev–Trinajstić information content (AvgIpc) is 2.39. The Bertz CT molecular complexity index is 520. The summed E-state index contributed by atoms with van der Waals surface area (Å²) in [5.74, 6) is 2.54. The van der Waals surface area contributed by atoms with Gasteiger partial charge in [0.15, 0.2) is 11.6 Å². The molecule has 0 aliphatic carbocycles. The smallest absolute Gasteiger partial charge is 0.178 e. The van der Waals surface area contributed by atoms with Crippen LogP contribution in [0.4, 0.5) is 11.6 Å².